The fourth-order valence-corrected chi connectivity index (χ4v) is 3.04. The Morgan fingerprint density at radius 3 is 2.61 bits per heavy atom. The van der Waals surface area contributed by atoms with Crippen LogP contribution in [-0.2, 0) is 6.61 Å². The van der Waals surface area contributed by atoms with E-state index in [1.54, 1.807) is 25.5 Å². The van der Waals surface area contributed by atoms with Crippen molar-refractivity contribution in [1.29, 1.82) is 0 Å². The first-order chi connectivity index (χ1) is 15.2. The van der Waals surface area contributed by atoms with E-state index in [2.05, 4.69) is 15.5 Å². The molecule has 1 N–H and O–H groups in total. The third-order valence-electron chi connectivity index (χ3n) is 4.64. The number of benzene rings is 3. The van der Waals surface area contributed by atoms with E-state index in [4.69, 9.17) is 9.47 Å². The van der Waals surface area contributed by atoms with Crippen molar-refractivity contribution in [1.82, 2.24) is 10.4 Å². The number of nitrogens with one attached hydrogen (secondary N) is 1. The maximum atomic E-state index is 12.4. The topological polar surface area (TPSA) is 72.8 Å². The zero-order chi connectivity index (χ0) is 21.5. The number of hydrazone groups is 1. The molecule has 0 aliphatic heterocycles. The molecule has 31 heavy (non-hydrogen) atoms. The highest BCUT2D eigenvalue weighted by atomic mass is 16.5. The molecule has 0 saturated carbocycles. The number of carbonyl (C=O) groups excluding carboxylic acids is 1. The van der Waals surface area contributed by atoms with Crippen LogP contribution < -0.4 is 14.9 Å². The van der Waals surface area contributed by atoms with E-state index in [9.17, 15) is 4.79 Å². The van der Waals surface area contributed by atoms with Crippen molar-refractivity contribution in [3.05, 3.63) is 102 Å². The number of carbonyl (C=O) groups is 1. The van der Waals surface area contributed by atoms with Gasteiger partial charge in [0.1, 0.15) is 12.3 Å². The summed E-state index contributed by atoms with van der Waals surface area (Å²) >= 11 is 0. The van der Waals surface area contributed by atoms with Crippen molar-refractivity contribution in [3.63, 3.8) is 0 Å². The number of rotatable bonds is 7. The molecule has 0 fully saturated rings. The minimum atomic E-state index is -0.379. The summed E-state index contributed by atoms with van der Waals surface area (Å²) in [5.41, 5.74) is 5.39. The molecule has 0 saturated heterocycles. The first kappa shape index (κ1) is 20.1. The third kappa shape index (κ3) is 5.05. The molecule has 0 aliphatic carbocycles. The van der Waals surface area contributed by atoms with Crippen LogP contribution in [0.4, 0.5) is 0 Å². The molecular formula is C25H21N3O3. The highest BCUT2D eigenvalue weighted by Gasteiger charge is 2.08. The molecule has 3 aromatic carbocycles. The quantitative estimate of drug-likeness (QED) is 0.357. The number of para-hydroxylation sites is 1. The molecule has 0 aliphatic rings. The average Bonchev–Trinajstić information content (AvgIpc) is 2.83. The Bertz CT molecular complexity index is 1220. The predicted molar refractivity (Wildman–Crippen MR) is 121 cm³/mol. The van der Waals surface area contributed by atoms with Crippen LogP contribution in [0.5, 0.6) is 11.5 Å². The number of nitrogens with zero attached hydrogens (tertiary/aromatic N) is 2. The Labute approximate surface area is 180 Å². The number of hydrogen-bond acceptors (Lipinski definition) is 5. The van der Waals surface area contributed by atoms with Gasteiger partial charge in [0.2, 0.25) is 0 Å². The summed E-state index contributed by atoms with van der Waals surface area (Å²) < 4.78 is 11.3. The van der Waals surface area contributed by atoms with Gasteiger partial charge in [-0.2, -0.15) is 5.10 Å². The summed E-state index contributed by atoms with van der Waals surface area (Å²) in [5, 5.41) is 5.03. The lowest BCUT2D eigenvalue weighted by atomic mass is 10.2. The largest absolute Gasteiger partial charge is 0.493 e. The Hall–Kier alpha value is -4.19. The first-order valence-corrected chi connectivity index (χ1v) is 9.77. The Morgan fingerprint density at radius 2 is 1.77 bits per heavy atom. The van der Waals surface area contributed by atoms with Gasteiger partial charge in [-0.25, -0.2) is 10.4 Å². The summed E-state index contributed by atoms with van der Waals surface area (Å²) in [5.74, 6) is 0.839. The van der Waals surface area contributed by atoms with Gasteiger partial charge in [0, 0.05) is 5.39 Å². The highest BCUT2D eigenvalue weighted by Crippen LogP contribution is 2.28. The van der Waals surface area contributed by atoms with Crippen molar-refractivity contribution < 1.29 is 14.3 Å². The minimum Gasteiger partial charge on any atom is -0.493 e. The number of fused-ring (bicyclic) bond motifs is 1. The van der Waals surface area contributed by atoms with Crippen LogP contribution >= 0.6 is 0 Å². The molecule has 0 radical (unpaired) electrons. The van der Waals surface area contributed by atoms with Gasteiger partial charge in [0.25, 0.3) is 5.91 Å². The lowest BCUT2D eigenvalue weighted by Crippen LogP contribution is -2.18. The second kappa shape index (κ2) is 9.54. The number of hydrogen-bond donors (Lipinski definition) is 1. The Morgan fingerprint density at radius 1 is 0.968 bits per heavy atom. The number of aromatic nitrogens is 1. The van der Waals surface area contributed by atoms with E-state index in [0.29, 0.717) is 23.8 Å². The van der Waals surface area contributed by atoms with Gasteiger partial charge in [-0.15, -0.1) is 0 Å². The van der Waals surface area contributed by atoms with Crippen LogP contribution in [0.3, 0.4) is 0 Å². The summed E-state index contributed by atoms with van der Waals surface area (Å²) in [6.45, 7) is 0.419. The second-order valence-electron chi connectivity index (χ2n) is 6.77. The third-order valence-corrected chi connectivity index (χ3v) is 4.64. The summed E-state index contributed by atoms with van der Waals surface area (Å²) in [6.07, 6.45) is 1.55. The van der Waals surface area contributed by atoms with Crippen LogP contribution in [0.1, 0.15) is 21.6 Å². The molecule has 1 heterocycles. The van der Waals surface area contributed by atoms with Crippen molar-refractivity contribution in [2.45, 2.75) is 6.61 Å². The van der Waals surface area contributed by atoms with Gasteiger partial charge in [0.15, 0.2) is 11.5 Å². The van der Waals surface area contributed by atoms with Gasteiger partial charge in [-0.1, -0.05) is 54.6 Å². The van der Waals surface area contributed by atoms with E-state index in [1.807, 2.05) is 72.8 Å². The molecule has 0 bridgehead atoms. The lowest BCUT2D eigenvalue weighted by molar-refractivity contribution is 0.0950. The van der Waals surface area contributed by atoms with Crippen molar-refractivity contribution in [2.24, 2.45) is 5.10 Å². The van der Waals surface area contributed by atoms with Crippen LogP contribution in [0.2, 0.25) is 0 Å². The Balaban J connectivity index is 1.43. The maximum absolute atomic E-state index is 12.4. The predicted octanol–water partition coefficient (Wildman–Crippen LogP) is 4.59. The minimum absolute atomic E-state index is 0.303. The van der Waals surface area contributed by atoms with Crippen LogP contribution in [-0.4, -0.2) is 24.2 Å². The van der Waals surface area contributed by atoms with E-state index in [0.717, 1.165) is 22.0 Å². The van der Waals surface area contributed by atoms with Crippen LogP contribution in [0.25, 0.3) is 10.9 Å². The summed E-state index contributed by atoms with van der Waals surface area (Å²) in [7, 11) is 1.59. The monoisotopic (exact) mass is 411 g/mol. The first-order valence-electron chi connectivity index (χ1n) is 9.77. The molecule has 1 aromatic heterocycles. The number of pyridine rings is 1. The van der Waals surface area contributed by atoms with Gasteiger partial charge >= 0.3 is 0 Å². The SMILES string of the molecule is COc1ccc(/C=N/NC(=O)c2ccc3ccccc3n2)cc1OCc1ccccc1. The molecule has 4 aromatic rings. The molecule has 0 unspecified atom stereocenters. The van der Waals surface area contributed by atoms with Crippen molar-refractivity contribution in [3.8, 4) is 11.5 Å². The highest BCUT2D eigenvalue weighted by molar-refractivity contribution is 5.95. The molecule has 1 amide bonds. The molecule has 154 valence electrons. The molecule has 0 atom stereocenters. The van der Waals surface area contributed by atoms with E-state index < -0.39 is 0 Å². The average molecular weight is 411 g/mol. The number of methoxy groups -OCH3 is 1. The summed E-state index contributed by atoms with van der Waals surface area (Å²) in [4.78, 5) is 16.7. The second-order valence-corrected chi connectivity index (χ2v) is 6.77. The van der Waals surface area contributed by atoms with Crippen LogP contribution in [0.15, 0.2) is 90.0 Å². The normalized spacial score (nSPS) is 10.9. The number of ether oxygens (including phenoxy) is 2. The van der Waals surface area contributed by atoms with E-state index in [1.165, 1.54) is 0 Å². The summed E-state index contributed by atoms with van der Waals surface area (Å²) in [6, 6.07) is 26.5. The maximum Gasteiger partial charge on any atom is 0.289 e. The van der Waals surface area contributed by atoms with Crippen LogP contribution in [0, 0.1) is 0 Å². The van der Waals surface area contributed by atoms with Gasteiger partial charge < -0.3 is 9.47 Å². The number of amides is 1. The standard InChI is InChI=1S/C25H21N3O3/c1-30-23-14-11-19(15-24(23)31-17-18-7-3-2-4-8-18)16-26-28-25(29)22-13-12-20-9-5-6-10-21(20)27-22/h2-16H,17H2,1H3,(H,28,29)/b26-16+. The molecular weight excluding hydrogens is 390 g/mol. The van der Waals surface area contributed by atoms with Crippen molar-refractivity contribution in [2.75, 3.05) is 7.11 Å². The van der Waals surface area contributed by atoms with E-state index in [-0.39, 0.29) is 5.91 Å². The smallest absolute Gasteiger partial charge is 0.289 e. The van der Waals surface area contributed by atoms with Gasteiger partial charge in [-0.05, 0) is 41.5 Å². The van der Waals surface area contributed by atoms with E-state index >= 15 is 0 Å². The molecule has 4 rings (SSSR count). The van der Waals surface area contributed by atoms with Crippen molar-refractivity contribution >= 4 is 23.0 Å². The zero-order valence-electron chi connectivity index (χ0n) is 17.0. The molecule has 0 spiro atoms. The molecule has 6 nitrogen and oxygen atoms in total. The van der Waals surface area contributed by atoms with Gasteiger partial charge in [0.05, 0.1) is 18.8 Å². The fourth-order valence-electron chi connectivity index (χ4n) is 3.04. The fraction of sp³-hybridized carbons (Fsp3) is 0.0800. The lowest BCUT2D eigenvalue weighted by Gasteiger charge is -2.11. The molecule has 6 heteroatoms. The van der Waals surface area contributed by atoms with Gasteiger partial charge in [-0.3, -0.25) is 4.79 Å². The zero-order valence-corrected chi connectivity index (χ0v) is 17.0. The Kier molecular flexibility index (Phi) is 6.18.